The van der Waals surface area contributed by atoms with Gasteiger partial charge in [-0.25, -0.2) is 4.99 Å². The fraction of sp³-hybridized carbons (Fsp3) is 0.542. The van der Waals surface area contributed by atoms with Crippen LogP contribution in [0, 0.1) is 5.92 Å². The summed E-state index contributed by atoms with van der Waals surface area (Å²) in [6.45, 7) is 6.59. The molecule has 0 heterocycles. The van der Waals surface area contributed by atoms with E-state index < -0.39 is 0 Å². The van der Waals surface area contributed by atoms with Crippen LogP contribution >= 0.6 is 0 Å². The lowest BCUT2D eigenvalue weighted by molar-refractivity contribution is 0.545. The predicted octanol–water partition coefficient (Wildman–Crippen LogP) is 5.60. The molecule has 1 aromatic rings. The van der Waals surface area contributed by atoms with Gasteiger partial charge in [0.1, 0.15) is 0 Å². The van der Waals surface area contributed by atoms with Gasteiger partial charge in [-0.15, -0.1) is 0 Å². The Morgan fingerprint density at radius 3 is 2.30 bits per heavy atom. The monoisotopic (exact) mass is 367 g/mol. The lowest BCUT2D eigenvalue weighted by atomic mass is 9.95. The van der Waals surface area contributed by atoms with Crippen LogP contribution in [-0.4, -0.2) is 12.0 Å². The van der Waals surface area contributed by atoms with Crippen molar-refractivity contribution < 1.29 is 0 Å². The number of nitrogens with two attached hydrogens (primary N) is 2. The molecule has 0 amide bonds. The third-order valence-corrected chi connectivity index (χ3v) is 5.30. The van der Waals surface area contributed by atoms with Crippen LogP contribution in [0.2, 0.25) is 0 Å². The van der Waals surface area contributed by atoms with Crippen LogP contribution in [0.3, 0.4) is 0 Å². The maximum Gasteiger partial charge on any atom is 0.186 e. The van der Waals surface area contributed by atoms with Crippen LogP contribution < -0.4 is 11.5 Å². The van der Waals surface area contributed by atoms with E-state index >= 15 is 0 Å². The van der Waals surface area contributed by atoms with Gasteiger partial charge in [0, 0.05) is 0 Å². The van der Waals surface area contributed by atoms with Gasteiger partial charge in [-0.05, 0) is 47.5 Å². The number of hydrogen-bond donors (Lipinski definition) is 2. The third-order valence-electron chi connectivity index (χ3n) is 5.30. The van der Waals surface area contributed by atoms with Gasteiger partial charge in [0.15, 0.2) is 5.96 Å². The summed E-state index contributed by atoms with van der Waals surface area (Å²) in [6.07, 6.45) is 14.8. The summed E-state index contributed by atoms with van der Waals surface area (Å²) in [7, 11) is 0. The zero-order chi connectivity index (χ0) is 19.6. The quantitative estimate of drug-likeness (QED) is 0.304. The highest BCUT2D eigenvalue weighted by Gasteiger charge is 2.20. The van der Waals surface area contributed by atoms with Gasteiger partial charge in [-0.1, -0.05) is 89.3 Å². The Balaban J connectivity index is 1.91. The number of nitrogens with zero attached hydrogens (tertiary/aromatic N) is 1. The lowest BCUT2D eigenvalue weighted by Gasteiger charge is -2.18. The molecule has 0 bridgehead atoms. The maximum absolute atomic E-state index is 5.62. The van der Waals surface area contributed by atoms with E-state index in [0.29, 0.717) is 5.92 Å². The Morgan fingerprint density at radius 2 is 1.67 bits per heavy atom. The van der Waals surface area contributed by atoms with E-state index in [-0.39, 0.29) is 12.0 Å². The fourth-order valence-electron chi connectivity index (χ4n) is 3.75. The average molecular weight is 368 g/mol. The van der Waals surface area contributed by atoms with E-state index in [1.54, 1.807) is 0 Å². The molecule has 0 unspecified atom stereocenters. The van der Waals surface area contributed by atoms with Gasteiger partial charge >= 0.3 is 0 Å². The van der Waals surface area contributed by atoms with Crippen molar-refractivity contribution in [1.29, 1.82) is 0 Å². The first-order chi connectivity index (χ1) is 13.0. The molecule has 1 atom stereocenters. The minimum absolute atomic E-state index is 0.0655. The second-order valence-corrected chi connectivity index (χ2v) is 8.04. The first-order valence-electron chi connectivity index (χ1n) is 10.6. The second-order valence-electron chi connectivity index (χ2n) is 8.04. The normalized spacial score (nSPS) is 14.8. The molecule has 0 spiro atoms. The molecule has 0 saturated carbocycles. The van der Waals surface area contributed by atoms with Crippen molar-refractivity contribution >= 4 is 11.5 Å². The van der Waals surface area contributed by atoms with Gasteiger partial charge in [-0.3, -0.25) is 0 Å². The highest BCUT2D eigenvalue weighted by molar-refractivity contribution is 5.79. The van der Waals surface area contributed by atoms with E-state index in [1.807, 2.05) is 0 Å². The van der Waals surface area contributed by atoms with E-state index in [4.69, 9.17) is 11.5 Å². The molecule has 0 saturated heterocycles. The molecule has 1 aliphatic carbocycles. The van der Waals surface area contributed by atoms with E-state index in [2.05, 4.69) is 62.2 Å². The van der Waals surface area contributed by atoms with Gasteiger partial charge in [0.05, 0.1) is 6.04 Å². The minimum atomic E-state index is 0.0655. The smallest absolute Gasteiger partial charge is 0.186 e. The summed E-state index contributed by atoms with van der Waals surface area (Å²) in [6, 6.07) is 9.13. The maximum atomic E-state index is 5.62. The molecule has 2 rings (SSSR count). The van der Waals surface area contributed by atoms with Crippen molar-refractivity contribution in [2.75, 3.05) is 0 Å². The molecule has 0 aromatic heterocycles. The van der Waals surface area contributed by atoms with Crippen LogP contribution in [-0.2, 0) is 6.42 Å². The summed E-state index contributed by atoms with van der Waals surface area (Å²) in [5.74, 6) is 0.549. The van der Waals surface area contributed by atoms with Crippen LogP contribution in [0.4, 0.5) is 0 Å². The zero-order valence-electron chi connectivity index (χ0n) is 17.4. The molecule has 27 heavy (non-hydrogen) atoms. The largest absolute Gasteiger partial charge is 0.370 e. The number of unbranched alkanes of at least 4 members (excludes halogenated alkanes) is 5. The number of benzene rings is 1. The molecule has 0 radical (unpaired) electrons. The van der Waals surface area contributed by atoms with E-state index in [9.17, 15) is 0 Å². The van der Waals surface area contributed by atoms with Crippen LogP contribution in [0.5, 0.6) is 0 Å². The summed E-state index contributed by atoms with van der Waals surface area (Å²) in [4.78, 5) is 4.43. The molecule has 148 valence electrons. The van der Waals surface area contributed by atoms with Crippen LogP contribution in [0.25, 0.3) is 5.57 Å². The van der Waals surface area contributed by atoms with Gasteiger partial charge in [-0.2, -0.15) is 0 Å². The predicted molar refractivity (Wildman–Crippen MR) is 119 cm³/mol. The summed E-state index contributed by atoms with van der Waals surface area (Å²) >= 11 is 0. The van der Waals surface area contributed by atoms with Gasteiger partial charge < -0.3 is 11.5 Å². The molecular formula is C24H37N3. The van der Waals surface area contributed by atoms with Gasteiger partial charge in [0.25, 0.3) is 0 Å². The van der Waals surface area contributed by atoms with Gasteiger partial charge in [0.2, 0.25) is 0 Å². The van der Waals surface area contributed by atoms with Crippen LogP contribution in [0.1, 0.15) is 76.8 Å². The molecule has 4 N–H and O–H groups in total. The van der Waals surface area contributed by atoms with Crippen molar-refractivity contribution in [2.24, 2.45) is 22.4 Å². The minimum Gasteiger partial charge on any atom is -0.370 e. The summed E-state index contributed by atoms with van der Waals surface area (Å²) in [5, 5.41) is 0. The number of hydrogen-bond acceptors (Lipinski definition) is 1. The molecule has 0 aliphatic heterocycles. The van der Waals surface area contributed by atoms with E-state index in [1.165, 1.54) is 67.2 Å². The average Bonchev–Trinajstić information content (AvgIpc) is 3.12. The Morgan fingerprint density at radius 1 is 1.00 bits per heavy atom. The Hall–Kier alpha value is -2.03. The molecular weight excluding hydrogens is 330 g/mol. The SMILES string of the molecule is CCCCCCCCc1ccc(C2=CCC([C@@H](N=C(N)N)C(C)C)=C2)cc1. The fourth-order valence-corrected chi connectivity index (χ4v) is 3.75. The molecule has 0 fully saturated rings. The standard InChI is InChI=1S/C24H37N3/c1-4-5-6-7-8-9-10-19-11-13-20(14-12-19)21-15-16-22(17-21)23(18(2)3)27-24(25)26/h11-15,17-18,23H,4-10,16H2,1-3H3,(H4,25,26,27)/t23-/m0/s1. The molecule has 1 aliphatic rings. The number of allylic oxidation sites excluding steroid dienone is 3. The highest BCUT2D eigenvalue weighted by atomic mass is 15.0. The second kappa shape index (κ2) is 11.0. The molecule has 3 nitrogen and oxygen atoms in total. The number of guanidine groups is 1. The number of rotatable bonds is 11. The first kappa shape index (κ1) is 21.3. The summed E-state index contributed by atoms with van der Waals surface area (Å²) < 4.78 is 0. The van der Waals surface area contributed by atoms with Crippen molar-refractivity contribution in [1.82, 2.24) is 0 Å². The molecule has 1 aromatic carbocycles. The van der Waals surface area contributed by atoms with Crippen LogP contribution in [0.15, 0.2) is 47.0 Å². The summed E-state index contributed by atoms with van der Waals surface area (Å²) in [5.41, 5.74) is 16.5. The Labute approximate surface area is 165 Å². The zero-order valence-corrected chi connectivity index (χ0v) is 17.4. The Bertz CT molecular complexity index is 661. The van der Waals surface area contributed by atoms with E-state index in [0.717, 1.165) is 6.42 Å². The lowest BCUT2D eigenvalue weighted by Crippen LogP contribution is -2.28. The topological polar surface area (TPSA) is 64.4 Å². The number of aryl methyl sites for hydroxylation is 1. The first-order valence-corrected chi connectivity index (χ1v) is 10.6. The third kappa shape index (κ3) is 6.89. The van der Waals surface area contributed by atoms with Crippen molar-refractivity contribution in [3.63, 3.8) is 0 Å². The molecule has 3 heteroatoms. The van der Waals surface area contributed by atoms with Crippen molar-refractivity contribution in [3.05, 3.63) is 53.1 Å². The van der Waals surface area contributed by atoms with Crippen molar-refractivity contribution in [2.45, 2.75) is 78.2 Å². The number of aliphatic imine (C=N–C) groups is 1. The van der Waals surface area contributed by atoms with Crippen molar-refractivity contribution in [3.8, 4) is 0 Å². The highest BCUT2D eigenvalue weighted by Crippen LogP contribution is 2.31. The Kier molecular flexibility index (Phi) is 8.63.